The van der Waals surface area contributed by atoms with Gasteiger partial charge in [-0.05, 0) is 25.2 Å². The van der Waals surface area contributed by atoms with Crippen LogP contribution >= 0.6 is 0 Å². The fraction of sp³-hybridized carbons (Fsp3) is 0.357. The first kappa shape index (κ1) is 13.4. The summed E-state index contributed by atoms with van der Waals surface area (Å²) in [5.41, 5.74) is 8.86. The largest absolute Gasteiger partial charge is 0.496 e. The van der Waals surface area contributed by atoms with Crippen molar-refractivity contribution in [1.82, 2.24) is 14.7 Å². The highest BCUT2D eigenvalue weighted by Crippen LogP contribution is 2.22. The average molecular weight is 260 g/mol. The van der Waals surface area contributed by atoms with Crippen LogP contribution in [0.15, 0.2) is 30.6 Å². The van der Waals surface area contributed by atoms with Gasteiger partial charge in [-0.1, -0.05) is 0 Å². The quantitative estimate of drug-likeness (QED) is 0.830. The molecule has 19 heavy (non-hydrogen) atoms. The van der Waals surface area contributed by atoms with E-state index in [0.29, 0.717) is 0 Å². The van der Waals surface area contributed by atoms with E-state index in [9.17, 15) is 0 Å². The number of nitrogens with two attached hydrogens (primary N) is 1. The number of ether oxygens (including phenoxy) is 1. The molecular formula is C14H20N4O. The summed E-state index contributed by atoms with van der Waals surface area (Å²) < 4.78 is 7.17. The highest BCUT2D eigenvalue weighted by atomic mass is 16.5. The van der Waals surface area contributed by atoms with Crippen molar-refractivity contribution in [1.29, 1.82) is 0 Å². The lowest BCUT2D eigenvalue weighted by atomic mass is 10.1. The molecular weight excluding hydrogens is 240 g/mol. The molecule has 0 aliphatic carbocycles. The van der Waals surface area contributed by atoms with E-state index in [1.807, 2.05) is 42.3 Å². The molecule has 1 heterocycles. The van der Waals surface area contributed by atoms with Gasteiger partial charge in [0.05, 0.1) is 13.3 Å². The fourth-order valence-corrected chi connectivity index (χ4v) is 2.13. The predicted octanol–water partition coefficient (Wildman–Crippen LogP) is 1.64. The second kappa shape index (κ2) is 5.75. The van der Waals surface area contributed by atoms with Gasteiger partial charge in [0.15, 0.2) is 0 Å². The Balaban J connectivity index is 2.05. The van der Waals surface area contributed by atoms with Crippen molar-refractivity contribution >= 4 is 5.69 Å². The van der Waals surface area contributed by atoms with Crippen LogP contribution in [0.1, 0.15) is 11.1 Å². The lowest BCUT2D eigenvalue weighted by Gasteiger charge is -2.18. The number of hydrogen-bond donors (Lipinski definition) is 1. The number of aryl methyl sites for hydroxylation is 1. The van der Waals surface area contributed by atoms with Crippen LogP contribution in [-0.2, 0) is 20.1 Å². The molecule has 5 nitrogen and oxygen atoms in total. The monoisotopic (exact) mass is 260 g/mol. The van der Waals surface area contributed by atoms with E-state index in [1.54, 1.807) is 7.11 Å². The Bertz CT molecular complexity index is 550. The molecule has 0 unspecified atom stereocenters. The molecule has 0 atom stereocenters. The summed E-state index contributed by atoms with van der Waals surface area (Å²) in [5, 5.41) is 4.17. The van der Waals surface area contributed by atoms with Crippen molar-refractivity contribution in [2.45, 2.75) is 13.1 Å². The number of nitrogen functional groups attached to an aromatic ring is 1. The first-order valence-corrected chi connectivity index (χ1v) is 6.17. The van der Waals surface area contributed by atoms with Gasteiger partial charge in [0.2, 0.25) is 0 Å². The van der Waals surface area contributed by atoms with E-state index < -0.39 is 0 Å². The molecule has 2 N–H and O–H groups in total. The SMILES string of the molecule is COc1ccc(N)cc1CN(C)Cc1cnn(C)c1. The number of hydrogen-bond acceptors (Lipinski definition) is 4. The zero-order valence-electron chi connectivity index (χ0n) is 11.6. The molecule has 2 aromatic rings. The van der Waals surface area contributed by atoms with Crippen LogP contribution in [0.5, 0.6) is 5.75 Å². The highest BCUT2D eigenvalue weighted by Gasteiger charge is 2.08. The first-order chi connectivity index (χ1) is 9.08. The third-order valence-electron chi connectivity index (χ3n) is 2.96. The minimum absolute atomic E-state index is 0.755. The Labute approximate surface area is 113 Å². The van der Waals surface area contributed by atoms with Crippen molar-refractivity contribution in [3.8, 4) is 5.75 Å². The Morgan fingerprint density at radius 1 is 1.37 bits per heavy atom. The summed E-state index contributed by atoms with van der Waals surface area (Å²) in [4.78, 5) is 2.20. The van der Waals surface area contributed by atoms with Gasteiger partial charge in [0.25, 0.3) is 0 Å². The third-order valence-corrected chi connectivity index (χ3v) is 2.96. The molecule has 0 saturated heterocycles. The third kappa shape index (κ3) is 3.48. The molecule has 0 spiro atoms. The normalized spacial score (nSPS) is 10.9. The Morgan fingerprint density at radius 2 is 2.16 bits per heavy atom. The maximum absolute atomic E-state index is 5.83. The lowest BCUT2D eigenvalue weighted by molar-refractivity contribution is 0.310. The average Bonchev–Trinajstić information content (AvgIpc) is 2.75. The highest BCUT2D eigenvalue weighted by molar-refractivity contribution is 5.47. The molecule has 0 aliphatic rings. The molecule has 0 amide bonds. The van der Waals surface area contributed by atoms with E-state index in [-0.39, 0.29) is 0 Å². The number of benzene rings is 1. The van der Waals surface area contributed by atoms with Crippen LogP contribution in [-0.4, -0.2) is 28.8 Å². The number of rotatable bonds is 5. The molecule has 0 saturated carbocycles. The summed E-state index contributed by atoms with van der Waals surface area (Å²) in [6.07, 6.45) is 3.90. The smallest absolute Gasteiger partial charge is 0.123 e. The summed E-state index contributed by atoms with van der Waals surface area (Å²) in [6.45, 7) is 1.62. The van der Waals surface area contributed by atoms with Gasteiger partial charge in [-0.25, -0.2) is 0 Å². The van der Waals surface area contributed by atoms with Crippen LogP contribution in [0.3, 0.4) is 0 Å². The molecule has 2 rings (SSSR count). The Hall–Kier alpha value is -2.01. The van der Waals surface area contributed by atoms with E-state index in [1.165, 1.54) is 5.56 Å². The second-order valence-electron chi connectivity index (χ2n) is 4.77. The Morgan fingerprint density at radius 3 is 2.79 bits per heavy atom. The van der Waals surface area contributed by atoms with Gasteiger partial charge >= 0.3 is 0 Å². The summed E-state index contributed by atoms with van der Waals surface area (Å²) in [5.74, 6) is 0.868. The summed E-state index contributed by atoms with van der Waals surface area (Å²) in [6, 6.07) is 5.71. The van der Waals surface area contributed by atoms with E-state index in [2.05, 4.69) is 17.0 Å². The number of anilines is 1. The van der Waals surface area contributed by atoms with Gasteiger partial charge < -0.3 is 10.5 Å². The van der Waals surface area contributed by atoms with Crippen molar-refractivity contribution in [2.75, 3.05) is 19.9 Å². The number of aromatic nitrogens is 2. The van der Waals surface area contributed by atoms with E-state index >= 15 is 0 Å². The molecule has 1 aromatic carbocycles. The predicted molar refractivity (Wildman–Crippen MR) is 75.8 cm³/mol. The maximum Gasteiger partial charge on any atom is 0.123 e. The van der Waals surface area contributed by atoms with Crippen molar-refractivity contribution in [2.24, 2.45) is 7.05 Å². The van der Waals surface area contributed by atoms with Crippen LogP contribution < -0.4 is 10.5 Å². The van der Waals surface area contributed by atoms with E-state index in [0.717, 1.165) is 30.1 Å². The summed E-state index contributed by atoms with van der Waals surface area (Å²) in [7, 11) is 5.66. The minimum atomic E-state index is 0.755. The fourth-order valence-electron chi connectivity index (χ4n) is 2.13. The summed E-state index contributed by atoms with van der Waals surface area (Å²) >= 11 is 0. The molecule has 0 bridgehead atoms. The van der Waals surface area contributed by atoms with Gasteiger partial charge in [-0.2, -0.15) is 5.10 Å². The van der Waals surface area contributed by atoms with E-state index in [4.69, 9.17) is 10.5 Å². The molecule has 1 aromatic heterocycles. The topological polar surface area (TPSA) is 56.3 Å². The molecule has 5 heteroatoms. The molecule has 0 aliphatic heterocycles. The zero-order valence-corrected chi connectivity index (χ0v) is 11.6. The Kier molecular flexibility index (Phi) is 4.06. The molecule has 0 radical (unpaired) electrons. The zero-order chi connectivity index (χ0) is 13.8. The van der Waals surface area contributed by atoms with Crippen LogP contribution in [0.4, 0.5) is 5.69 Å². The van der Waals surface area contributed by atoms with Gasteiger partial charge in [-0.15, -0.1) is 0 Å². The van der Waals surface area contributed by atoms with Crippen LogP contribution in [0.2, 0.25) is 0 Å². The van der Waals surface area contributed by atoms with Crippen molar-refractivity contribution < 1.29 is 4.74 Å². The first-order valence-electron chi connectivity index (χ1n) is 6.17. The lowest BCUT2D eigenvalue weighted by Crippen LogP contribution is -2.17. The number of nitrogens with zero attached hydrogens (tertiary/aromatic N) is 3. The number of methoxy groups -OCH3 is 1. The van der Waals surface area contributed by atoms with Gasteiger partial charge in [0, 0.05) is 43.1 Å². The standard InChI is InChI=1S/C14H20N4O/c1-17(8-11-7-16-18(2)9-11)10-12-6-13(15)4-5-14(12)19-3/h4-7,9H,8,10,15H2,1-3H3. The second-order valence-corrected chi connectivity index (χ2v) is 4.77. The van der Waals surface area contributed by atoms with Crippen molar-refractivity contribution in [3.05, 3.63) is 41.7 Å². The van der Waals surface area contributed by atoms with Crippen LogP contribution in [0.25, 0.3) is 0 Å². The maximum atomic E-state index is 5.83. The van der Waals surface area contributed by atoms with Gasteiger partial charge in [-0.3, -0.25) is 9.58 Å². The molecule has 0 fully saturated rings. The van der Waals surface area contributed by atoms with Crippen LogP contribution in [0, 0.1) is 0 Å². The van der Waals surface area contributed by atoms with Gasteiger partial charge in [0.1, 0.15) is 5.75 Å². The minimum Gasteiger partial charge on any atom is -0.496 e. The molecule has 102 valence electrons. The van der Waals surface area contributed by atoms with Crippen molar-refractivity contribution in [3.63, 3.8) is 0 Å².